The van der Waals surface area contributed by atoms with Gasteiger partial charge in [0.15, 0.2) is 5.60 Å². The highest BCUT2D eigenvalue weighted by atomic mass is 35.5. The second-order valence-electron chi connectivity index (χ2n) is 9.57. The third kappa shape index (κ3) is 4.72. The second-order valence-corrected chi connectivity index (χ2v) is 10.0. The molecule has 5 aromatic rings. The summed E-state index contributed by atoms with van der Waals surface area (Å²) in [5, 5.41) is 15.5. The molecular weight excluding hydrogens is 516 g/mol. The van der Waals surface area contributed by atoms with E-state index in [2.05, 4.69) is 10.4 Å². The number of aryl methyl sites for hydroxylation is 1. The number of nitrogens with one attached hydrogen (secondary N) is 1. The number of carbonyl (C=O) groups is 1. The van der Waals surface area contributed by atoms with Crippen LogP contribution >= 0.6 is 11.6 Å². The number of rotatable bonds is 6. The maximum Gasteiger partial charge on any atom is 0.265 e. The van der Waals surface area contributed by atoms with Crippen molar-refractivity contribution in [3.8, 4) is 11.1 Å². The van der Waals surface area contributed by atoms with Crippen molar-refractivity contribution in [1.82, 2.24) is 20.0 Å². The number of halogens is 1. The molecule has 39 heavy (non-hydrogen) atoms. The fourth-order valence-corrected chi connectivity index (χ4v) is 5.12. The predicted molar refractivity (Wildman–Crippen MR) is 148 cm³/mol. The van der Waals surface area contributed by atoms with Gasteiger partial charge in [-0.05, 0) is 41.5 Å². The van der Waals surface area contributed by atoms with Crippen LogP contribution in [0, 0.1) is 0 Å². The molecule has 1 amide bonds. The standard InChI is InChI=1S/C30H27ClN4O4/c1-34-19-32-18-26(34)30(37,23-7-9-24(31)10-8-23)27-17-21-15-22(29(36)33-35-11-13-38-14-12-35)16-25(28(21)39-27)20-5-3-2-4-6-20/h2-10,15-19,37H,11-14H2,1H3,(H,33,36)/t30-/m0/s1. The number of aliphatic hydroxyl groups is 1. The molecular formula is C30H27ClN4O4. The van der Waals surface area contributed by atoms with Gasteiger partial charge in [-0.1, -0.05) is 54.1 Å². The highest BCUT2D eigenvalue weighted by molar-refractivity contribution is 6.30. The number of furan rings is 1. The Morgan fingerprint density at radius 2 is 1.79 bits per heavy atom. The largest absolute Gasteiger partial charge is 0.457 e. The highest BCUT2D eigenvalue weighted by Gasteiger charge is 2.40. The summed E-state index contributed by atoms with van der Waals surface area (Å²) >= 11 is 6.16. The Bertz CT molecular complexity index is 1620. The van der Waals surface area contributed by atoms with E-state index in [-0.39, 0.29) is 5.91 Å². The summed E-state index contributed by atoms with van der Waals surface area (Å²) < 4.78 is 13.6. The lowest BCUT2D eigenvalue weighted by molar-refractivity contribution is 0.0126. The van der Waals surface area contributed by atoms with Gasteiger partial charge >= 0.3 is 0 Å². The van der Waals surface area contributed by atoms with Gasteiger partial charge in [-0.15, -0.1) is 0 Å². The Morgan fingerprint density at radius 3 is 2.49 bits per heavy atom. The molecule has 1 saturated heterocycles. The molecule has 0 aliphatic carbocycles. The van der Waals surface area contributed by atoms with Crippen LogP contribution in [0.1, 0.15) is 27.4 Å². The topological polar surface area (TPSA) is 92.8 Å². The molecule has 198 valence electrons. The second kappa shape index (κ2) is 10.3. The number of aromatic nitrogens is 2. The van der Waals surface area contributed by atoms with E-state index in [0.717, 1.165) is 11.1 Å². The van der Waals surface area contributed by atoms with Crippen LogP contribution in [0.15, 0.2) is 89.7 Å². The van der Waals surface area contributed by atoms with E-state index >= 15 is 0 Å². The normalized spacial score (nSPS) is 15.8. The third-order valence-corrected chi connectivity index (χ3v) is 7.29. The molecule has 3 aromatic carbocycles. The minimum Gasteiger partial charge on any atom is -0.457 e. The fraction of sp³-hybridized carbons (Fsp3) is 0.200. The molecule has 9 heteroatoms. The molecule has 1 atom stereocenters. The molecule has 2 aromatic heterocycles. The first kappa shape index (κ1) is 25.3. The van der Waals surface area contributed by atoms with Gasteiger partial charge in [0.1, 0.15) is 11.3 Å². The van der Waals surface area contributed by atoms with Gasteiger partial charge < -0.3 is 18.8 Å². The van der Waals surface area contributed by atoms with Crippen LogP contribution in [0.4, 0.5) is 0 Å². The van der Waals surface area contributed by atoms with Crippen molar-refractivity contribution in [1.29, 1.82) is 0 Å². The third-order valence-electron chi connectivity index (χ3n) is 7.04. The molecule has 0 spiro atoms. The van der Waals surface area contributed by atoms with Crippen molar-refractivity contribution in [2.75, 3.05) is 26.3 Å². The van der Waals surface area contributed by atoms with E-state index in [0.29, 0.717) is 64.9 Å². The number of amides is 1. The zero-order valence-corrected chi connectivity index (χ0v) is 22.1. The van der Waals surface area contributed by atoms with Crippen LogP contribution in [-0.2, 0) is 17.4 Å². The molecule has 6 rings (SSSR count). The predicted octanol–water partition coefficient (Wildman–Crippen LogP) is 4.75. The van der Waals surface area contributed by atoms with E-state index in [1.54, 1.807) is 53.5 Å². The lowest BCUT2D eigenvalue weighted by Gasteiger charge is -2.27. The number of imidazole rings is 1. The molecule has 8 nitrogen and oxygen atoms in total. The van der Waals surface area contributed by atoms with E-state index in [1.807, 2.05) is 48.5 Å². The average Bonchev–Trinajstić information content (AvgIpc) is 3.60. The lowest BCUT2D eigenvalue weighted by Crippen LogP contribution is -2.48. The van der Waals surface area contributed by atoms with Gasteiger partial charge in [-0.25, -0.2) is 9.99 Å². The number of ether oxygens (including phenoxy) is 1. The molecule has 0 saturated carbocycles. The summed E-state index contributed by atoms with van der Waals surface area (Å²) in [5.41, 5.74) is 5.09. The van der Waals surface area contributed by atoms with Crippen molar-refractivity contribution in [3.05, 3.63) is 113 Å². The number of fused-ring (bicyclic) bond motifs is 1. The zero-order valence-electron chi connectivity index (χ0n) is 21.3. The van der Waals surface area contributed by atoms with E-state index in [1.165, 1.54) is 0 Å². The van der Waals surface area contributed by atoms with Gasteiger partial charge in [0.2, 0.25) is 0 Å². The summed E-state index contributed by atoms with van der Waals surface area (Å²) in [6, 6.07) is 22.1. The number of morpholine rings is 1. The molecule has 1 aliphatic heterocycles. The first-order valence-corrected chi connectivity index (χ1v) is 13.0. The molecule has 1 fully saturated rings. The monoisotopic (exact) mass is 542 g/mol. The Kier molecular flexibility index (Phi) is 6.70. The van der Waals surface area contributed by atoms with Crippen molar-refractivity contribution in [2.45, 2.75) is 5.60 Å². The number of hydrogen-bond donors (Lipinski definition) is 2. The zero-order chi connectivity index (χ0) is 27.0. The van der Waals surface area contributed by atoms with Crippen molar-refractivity contribution < 1.29 is 19.1 Å². The van der Waals surface area contributed by atoms with Crippen LogP contribution in [0.5, 0.6) is 0 Å². The number of carbonyl (C=O) groups excluding carboxylic acids is 1. The van der Waals surface area contributed by atoms with Gasteiger partial charge in [0.05, 0.1) is 31.4 Å². The maximum absolute atomic E-state index is 13.3. The minimum atomic E-state index is -1.67. The van der Waals surface area contributed by atoms with E-state index < -0.39 is 5.60 Å². The van der Waals surface area contributed by atoms with Gasteiger partial charge in [0.25, 0.3) is 5.91 Å². The smallest absolute Gasteiger partial charge is 0.265 e. The average molecular weight is 543 g/mol. The summed E-state index contributed by atoms with van der Waals surface area (Å²) in [4.78, 5) is 17.6. The molecule has 0 bridgehead atoms. The van der Waals surface area contributed by atoms with Crippen LogP contribution in [0.25, 0.3) is 22.1 Å². The Labute approximate surface area is 230 Å². The highest BCUT2D eigenvalue weighted by Crippen LogP contribution is 2.42. The number of hydrogen-bond acceptors (Lipinski definition) is 6. The van der Waals surface area contributed by atoms with Crippen LogP contribution in [0.3, 0.4) is 0 Å². The molecule has 3 heterocycles. The fourth-order valence-electron chi connectivity index (χ4n) is 4.99. The van der Waals surface area contributed by atoms with Crippen LogP contribution < -0.4 is 5.43 Å². The summed E-state index contributed by atoms with van der Waals surface area (Å²) in [6.07, 6.45) is 3.24. The summed E-state index contributed by atoms with van der Waals surface area (Å²) in [7, 11) is 1.81. The quantitative estimate of drug-likeness (QED) is 0.322. The molecule has 1 aliphatic rings. The molecule has 0 unspecified atom stereocenters. The van der Waals surface area contributed by atoms with Crippen LogP contribution in [0.2, 0.25) is 5.02 Å². The Hall–Kier alpha value is -3.95. The lowest BCUT2D eigenvalue weighted by atomic mass is 9.88. The van der Waals surface area contributed by atoms with Crippen molar-refractivity contribution in [3.63, 3.8) is 0 Å². The SMILES string of the molecule is Cn1cncc1[C@@](O)(c1ccc(Cl)cc1)c1cc2cc(C(=O)NN3CCOCC3)cc(-c3ccccc3)c2o1. The maximum atomic E-state index is 13.3. The van der Waals surface area contributed by atoms with E-state index in [9.17, 15) is 9.90 Å². The number of benzene rings is 3. The van der Waals surface area contributed by atoms with Gasteiger partial charge in [0, 0.05) is 41.7 Å². The van der Waals surface area contributed by atoms with E-state index in [4.69, 9.17) is 20.8 Å². The van der Waals surface area contributed by atoms with Gasteiger partial charge in [-0.3, -0.25) is 10.2 Å². The van der Waals surface area contributed by atoms with Crippen LogP contribution in [-0.4, -0.2) is 51.9 Å². The summed E-state index contributed by atoms with van der Waals surface area (Å²) in [6.45, 7) is 2.37. The first-order chi connectivity index (χ1) is 18.9. The van der Waals surface area contributed by atoms with Crippen molar-refractivity contribution >= 4 is 28.5 Å². The minimum absolute atomic E-state index is 0.224. The Balaban J connectivity index is 1.52. The Morgan fingerprint density at radius 1 is 1.05 bits per heavy atom. The molecule has 0 radical (unpaired) electrons. The summed E-state index contributed by atoms with van der Waals surface area (Å²) in [5.74, 6) is 0.0738. The first-order valence-electron chi connectivity index (χ1n) is 12.7. The molecule has 2 N–H and O–H groups in total. The number of hydrazine groups is 1. The van der Waals surface area contributed by atoms with Gasteiger partial charge in [-0.2, -0.15) is 0 Å². The van der Waals surface area contributed by atoms with Crippen molar-refractivity contribution in [2.24, 2.45) is 7.05 Å². The number of nitrogens with zero attached hydrogens (tertiary/aromatic N) is 3.